The van der Waals surface area contributed by atoms with Crippen molar-refractivity contribution in [3.63, 3.8) is 0 Å². The van der Waals surface area contributed by atoms with Crippen molar-refractivity contribution >= 4 is 23.1 Å². The number of benzene rings is 4. The van der Waals surface area contributed by atoms with Gasteiger partial charge in [0.05, 0.1) is 0 Å². The lowest BCUT2D eigenvalue weighted by molar-refractivity contribution is 1.05. The topological polar surface area (TPSA) is 23.9 Å². The van der Waals surface area contributed by atoms with Gasteiger partial charge in [0.25, 0.3) is 0 Å². The summed E-state index contributed by atoms with van der Waals surface area (Å²) in [6, 6.07) is 29.7. The Kier molecular flexibility index (Phi) is 3.72. The third-order valence-corrected chi connectivity index (χ3v) is 5.46. The van der Waals surface area contributed by atoms with Crippen molar-refractivity contribution in [3.8, 4) is 11.1 Å². The van der Waals surface area contributed by atoms with E-state index in [1.807, 2.05) is 6.07 Å². The second-order valence-corrected chi connectivity index (χ2v) is 6.95. The molecule has 1 aliphatic carbocycles. The van der Waals surface area contributed by atoms with Crippen LogP contribution in [-0.2, 0) is 0 Å². The molecule has 1 N–H and O–H groups in total. The molecule has 1 aliphatic rings. The van der Waals surface area contributed by atoms with Crippen molar-refractivity contribution < 1.29 is 0 Å². The highest BCUT2D eigenvalue weighted by Gasteiger charge is 2.23. The van der Waals surface area contributed by atoms with E-state index in [1.54, 1.807) is 0 Å². The fraction of sp³-hybridized carbons (Fsp3) is 0.0385. The van der Waals surface area contributed by atoms with Crippen molar-refractivity contribution in [2.45, 2.75) is 5.92 Å². The molecule has 0 amide bonds. The van der Waals surface area contributed by atoms with Gasteiger partial charge in [-0.05, 0) is 44.7 Å². The maximum absolute atomic E-state index is 8.25. The molecule has 1 heteroatoms. The van der Waals surface area contributed by atoms with Gasteiger partial charge in [-0.2, -0.15) is 0 Å². The Morgan fingerprint density at radius 3 is 2.33 bits per heavy atom. The molecule has 1 nitrogen and oxygen atoms in total. The van der Waals surface area contributed by atoms with Crippen LogP contribution >= 0.6 is 0 Å². The zero-order chi connectivity index (χ0) is 18.2. The van der Waals surface area contributed by atoms with Gasteiger partial charge in [0.2, 0.25) is 0 Å². The minimum absolute atomic E-state index is 0.185. The Bertz CT molecular complexity index is 1190. The van der Waals surface area contributed by atoms with Gasteiger partial charge in [-0.25, -0.2) is 0 Å². The molecule has 0 spiro atoms. The molecule has 0 fully saturated rings. The molecule has 4 aromatic carbocycles. The van der Waals surface area contributed by atoms with Crippen LogP contribution in [0, 0.1) is 5.41 Å². The molecule has 0 bridgehead atoms. The number of hydrogen-bond donors (Lipinski definition) is 1. The Morgan fingerprint density at radius 2 is 1.48 bits per heavy atom. The number of hydrogen-bond acceptors (Lipinski definition) is 1. The minimum Gasteiger partial charge on any atom is -0.308 e. The highest BCUT2D eigenvalue weighted by molar-refractivity contribution is 6.06. The van der Waals surface area contributed by atoms with E-state index in [1.165, 1.54) is 33.7 Å². The summed E-state index contributed by atoms with van der Waals surface area (Å²) in [4.78, 5) is 0. The average molecular weight is 345 g/mol. The Balaban J connectivity index is 1.85. The summed E-state index contributed by atoms with van der Waals surface area (Å²) in [5.74, 6) is 0.185. The first-order valence-electron chi connectivity index (χ1n) is 9.25. The van der Waals surface area contributed by atoms with E-state index in [9.17, 15) is 0 Å². The fourth-order valence-electron chi connectivity index (χ4n) is 4.23. The van der Waals surface area contributed by atoms with Crippen LogP contribution in [0.4, 0.5) is 0 Å². The fourth-order valence-corrected chi connectivity index (χ4v) is 4.23. The molecule has 5 rings (SSSR count). The molecule has 0 saturated heterocycles. The van der Waals surface area contributed by atoms with E-state index in [0.717, 1.165) is 16.7 Å². The normalized spacial score (nSPS) is 15.0. The van der Waals surface area contributed by atoms with Gasteiger partial charge < -0.3 is 5.41 Å². The van der Waals surface area contributed by atoms with E-state index < -0.39 is 0 Å². The largest absolute Gasteiger partial charge is 0.308 e. The standard InChI is InChI=1S/C26H19N/c27-17-25-24(23-15-14-18-8-4-6-12-21(18)23)16-20-11-5-7-13-22(20)26(25)19-9-2-1-3-10-19/h1-17,23,27H. The van der Waals surface area contributed by atoms with Crippen LogP contribution < -0.4 is 0 Å². The molecule has 0 radical (unpaired) electrons. The maximum atomic E-state index is 8.25. The first-order valence-corrected chi connectivity index (χ1v) is 9.25. The summed E-state index contributed by atoms with van der Waals surface area (Å²) >= 11 is 0. The van der Waals surface area contributed by atoms with Crippen LogP contribution in [0.15, 0.2) is 91.0 Å². The molecule has 1 unspecified atom stereocenters. The smallest absolute Gasteiger partial charge is 0.0285 e. The number of fused-ring (bicyclic) bond motifs is 2. The third-order valence-electron chi connectivity index (χ3n) is 5.46. The zero-order valence-corrected chi connectivity index (χ0v) is 14.9. The van der Waals surface area contributed by atoms with Crippen LogP contribution in [-0.4, -0.2) is 6.21 Å². The van der Waals surface area contributed by atoms with Crippen molar-refractivity contribution in [1.82, 2.24) is 0 Å². The Labute approximate surface area is 159 Å². The molecular weight excluding hydrogens is 326 g/mol. The van der Waals surface area contributed by atoms with Gasteiger partial charge in [0.15, 0.2) is 0 Å². The van der Waals surface area contributed by atoms with Crippen molar-refractivity contribution in [1.29, 1.82) is 5.41 Å². The lowest BCUT2D eigenvalue weighted by Crippen LogP contribution is -2.03. The highest BCUT2D eigenvalue weighted by atomic mass is 14.4. The van der Waals surface area contributed by atoms with Gasteiger partial charge in [0.1, 0.15) is 0 Å². The zero-order valence-electron chi connectivity index (χ0n) is 14.9. The lowest BCUT2D eigenvalue weighted by Gasteiger charge is -2.20. The first kappa shape index (κ1) is 15.8. The summed E-state index contributed by atoms with van der Waals surface area (Å²) in [6.07, 6.45) is 5.99. The molecule has 0 aromatic heterocycles. The van der Waals surface area contributed by atoms with Crippen molar-refractivity contribution in [3.05, 3.63) is 113 Å². The van der Waals surface area contributed by atoms with Crippen LogP contribution in [0.25, 0.3) is 28.0 Å². The van der Waals surface area contributed by atoms with Crippen molar-refractivity contribution in [2.24, 2.45) is 0 Å². The van der Waals surface area contributed by atoms with Crippen LogP contribution in [0.3, 0.4) is 0 Å². The molecule has 27 heavy (non-hydrogen) atoms. The second-order valence-electron chi connectivity index (χ2n) is 6.95. The average Bonchev–Trinajstić information content (AvgIpc) is 3.17. The molecular formula is C26H19N. The van der Waals surface area contributed by atoms with Gasteiger partial charge in [-0.15, -0.1) is 0 Å². The van der Waals surface area contributed by atoms with E-state index in [-0.39, 0.29) is 5.92 Å². The lowest BCUT2D eigenvalue weighted by atomic mass is 9.83. The molecule has 0 aliphatic heterocycles. The van der Waals surface area contributed by atoms with E-state index in [0.29, 0.717) is 0 Å². The monoisotopic (exact) mass is 345 g/mol. The number of rotatable bonds is 3. The summed E-state index contributed by atoms with van der Waals surface area (Å²) < 4.78 is 0. The third kappa shape index (κ3) is 2.51. The summed E-state index contributed by atoms with van der Waals surface area (Å²) in [7, 11) is 0. The van der Waals surface area contributed by atoms with E-state index in [2.05, 4.69) is 91.0 Å². The molecule has 0 heterocycles. The van der Waals surface area contributed by atoms with Gasteiger partial charge in [-0.1, -0.05) is 91.0 Å². The molecule has 4 aromatic rings. The molecule has 0 saturated carbocycles. The van der Waals surface area contributed by atoms with Crippen LogP contribution in [0.2, 0.25) is 0 Å². The number of allylic oxidation sites excluding steroid dienone is 1. The Hall–Kier alpha value is -3.45. The SMILES string of the molecule is N=Cc1c(C2C=Cc3ccccc32)cc2ccccc2c1-c1ccccc1. The Morgan fingerprint density at radius 1 is 0.741 bits per heavy atom. The predicted octanol–water partition coefficient (Wildman–Crippen LogP) is 6.66. The van der Waals surface area contributed by atoms with Crippen LogP contribution in [0.5, 0.6) is 0 Å². The maximum Gasteiger partial charge on any atom is 0.0285 e. The predicted molar refractivity (Wildman–Crippen MR) is 115 cm³/mol. The van der Waals surface area contributed by atoms with Gasteiger partial charge in [-0.3, -0.25) is 0 Å². The summed E-state index contributed by atoms with van der Waals surface area (Å²) in [5, 5.41) is 10.7. The summed E-state index contributed by atoms with van der Waals surface area (Å²) in [5.41, 5.74) is 7.10. The minimum atomic E-state index is 0.185. The highest BCUT2D eigenvalue weighted by Crippen LogP contribution is 2.42. The summed E-state index contributed by atoms with van der Waals surface area (Å²) in [6.45, 7) is 0. The number of nitrogens with one attached hydrogen (secondary N) is 1. The van der Waals surface area contributed by atoms with Crippen molar-refractivity contribution in [2.75, 3.05) is 0 Å². The first-order chi connectivity index (χ1) is 13.4. The second kappa shape index (κ2) is 6.37. The van der Waals surface area contributed by atoms with Gasteiger partial charge >= 0.3 is 0 Å². The molecule has 1 atom stereocenters. The quantitative estimate of drug-likeness (QED) is 0.401. The van der Waals surface area contributed by atoms with Crippen LogP contribution in [0.1, 0.15) is 28.2 Å². The molecule has 128 valence electrons. The van der Waals surface area contributed by atoms with E-state index in [4.69, 9.17) is 5.41 Å². The van der Waals surface area contributed by atoms with Gasteiger partial charge in [0, 0.05) is 17.7 Å². The van der Waals surface area contributed by atoms with E-state index >= 15 is 0 Å².